The van der Waals surface area contributed by atoms with Crippen molar-refractivity contribution in [2.45, 2.75) is 25.7 Å². The van der Waals surface area contributed by atoms with Gasteiger partial charge in [-0.3, -0.25) is 0 Å². The second-order valence-electron chi connectivity index (χ2n) is 5.03. The maximum absolute atomic E-state index is 5.65. The number of aryl methyl sites for hydroxylation is 2. The summed E-state index contributed by atoms with van der Waals surface area (Å²) < 4.78 is 10.4. The van der Waals surface area contributed by atoms with E-state index >= 15 is 0 Å². The number of fused-ring (bicyclic) bond motifs is 3. The van der Waals surface area contributed by atoms with E-state index in [1.54, 1.807) is 18.4 Å². The summed E-state index contributed by atoms with van der Waals surface area (Å²) in [5.74, 6) is 7.16. The van der Waals surface area contributed by atoms with Crippen LogP contribution >= 0.6 is 11.3 Å². The maximum Gasteiger partial charge on any atom is 0.152 e. The summed E-state index contributed by atoms with van der Waals surface area (Å²) in [6, 6.07) is 0. The molecule has 2 aromatic heterocycles. The Morgan fingerprint density at radius 2 is 2.14 bits per heavy atom. The molecule has 2 aromatic rings. The first-order chi connectivity index (χ1) is 10.3. The van der Waals surface area contributed by atoms with Crippen LogP contribution in [0.1, 0.15) is 22.7 Å². The first-order valence-electron chi connectivity index (χ1n) is 7.18. The van der Waals surface area contributed by atoms with Crippen LogP contribution in [-0.4, -0.2) is 36.9 Å². The zero-order valence-corrected chi connectivity index (χ0v) is 13.0. The third kappa shape index (κ3) is 3.01. The molecule has 0 fully saturated rings. The number of hydrazine groups is 1. The highest BCUT2D eigenvalue weighted by Crippen LogP contribution is 2.39. The molecule has 6 nitrogen and oxygen atoms in total. The fourth-order valence-corrected chi connectivity index (χ4v) is 3.94. The van der Waals surface area contributed by atoms with E-state index in [1.807, 2.05) is 0 Å². The number of ether oxygens (including phenoxy) is 2. The van der Waals surface area contributed by atoms with Crippen LogP contribution in [0.4, 0.5) is 5.82 Å². The van der Waals surface area contributed by atoms with E-state index in [0.717, 1.165) is 34.7 Å². The van der Waals surface area contributed by atoms with E-state index in [2.05, 4.69) is 15.4 Å². The van der Waals surface area contributed by atoms with Crippen molar-refractivity contribution in [2.75, 3.05) is 32.4 Å². The van der Waals surface area contributed by atoms with Crippen LogP contribution in [-0.2, 0) is 28.7 Å². The van der Waals surface area contributed by atoms with Crippen molar-refractivity contribution in [1.82, 2.24) is 9.97 Å². The smallest absolute Gasteiger partial charge is 0.152 e. The van der Waals surface area contributed by atoms with Crippen molar-refractivity contribution < 1.29 is 9.47 Å². The van der Waals surface area contributed by atoms with Gasteiger partial charge in [-0.15, -0.1) is 11.3 Å². The molecule has 3 N–H and O–H groups in total. The van der Waals surface area contributed by atoms with Gasteiger partial charge < -0.3 is 14.9 Å². The maximum atomic E-state index is 5.65. The topological polar surface area (TPSA) is 82.3 Å². The van der Waals surface area contributed by atoms with Crippen molar-refractivity contribution in [2.24, 2.45) is 5.84 Å². The second kappa shape index (κ2) is 6.65. The van der Waals surface area contributed by atoms with Crippen LogP contribution in [0, 0.1) is 0 Å². The monoisotopic (exact) mass is 308 g/mol. The van der Waals surface area contributed by atoms with Crippen LogP contribution < -0.4 is 11.3 Å². The predicted octanol–water partition coefficient (Wildman–Crippen LogP) is 1.67. The molecule has 0 spiro atoms. The van der Waals surface area contributed by atoms with Gasteiger partial charge >= 0.3 is 0 Å². The number of hydrogen-bond acceptors (Lipinski definition) is 7. The molecule has 114 valence electrons. The lowest BCUT2D eigenvalue weighted by atomic mass is 10.2. The molecular formula is C14H20N4O2S. The number of nitrogens with zero attached hydrogens (tertiary/aromatic N) is 2. The number of nitrogens with two attached hydrogens (primary N) is 1. The molecule has 0 aromatic carbocycles. The molecule has 0 amide bonds. The van der Waals surface area contributed by atoms with Crippen molar-refractivity contribution in [1.29, 1.82) is 0 Å². The van der Waals surface area contributed by atoms with Gasteiger partial charge in [0.05, 0.1) is 25.2 Å². The van der Waals surface area contributed by atoms with Gasteiger partial charge in [0.1, 0.15) is 10.7 Å². The number of anilines is 1. The molecule has 7 heteroatoms. The third-order valence-corrected chi connectivity index (χ3v) is 4.84. The van der Waals surface area contributed by atoms with Gasteiger partial charge in [-0.2, -0.15) is 0 Å². The Balaban J connectivity index is 1.78. The van der Waals surface area contributed by atoms with Gasteiger partial charge in [0, 0.05) is 18.4 Å². The Labute approximate surface area is 127 Å². The highest BCUT2D eigenvalue weighted by atomic mass is 32.1. The predicted molar refractivity (Wildman–Crippen MR) is 83.6 cm³/mol. The number of methoxy groups -OCH3 is 1. The summed E-state index contributed by atoms with van der Waals surface area (Å²) in [7, 11) is 1.66. The van der Waals surface area contributed by atoms with Crippen molar-refractivity contribution in [3.8, 4) is 0 Å². The van der Waals surface area contributed by atoms with Gasteiger partial charge in [-0.1, -0.05) is 0 Å². The SMILES string of the molecule is COCCOCCc1nc(NN)c2c3c(sc2n1)CCC3. The minimum absolute atomic E-state index is 0.587. The Morgan fingerprint density at radius 1 is 1.24 bits per heavy atom. The van der Waals surface area contributed by atoms with E-state index in [4.69, 9.17) is 15.3 Å². The minimum Gasteiger partial charge on any atom is -0.382 e. The quantitative estimate of drug-likeness (QED) is 0.460. The molecule has 2 heterocycles. The highest BCUT2D eigenvalue weighted by Gasteiger charge is 2.21. The van der Waals surface area contributed by atoms with E-state index < -0.39 is 0 Å². The van der Waals surface area contributed by atoms with Gasteiger partial charge in [0.25, 0.3) is 0 Å². The number of nitrogen functional groups attached to an aromatic ring is 1. The van der Waals surface area contributed by atoms with Crippen LogP contribution in [0.5, 0.6) is 0 Å². The number of thiophene rings is 1. The van der Waals surface area contributed by atoms with Crippen LogP contribution in [0.3, 0.4) is 0 Å². The van der Waals surface area contributed by atoms with Crippen molar-refractivity contribution in [3.05, 3.63) is 16.3 Å². The van der Waals surface area contributed by atoms with Crippen LogP contribution in [0.15, 0.2) is 0 Å². The molecule has 0 aliphatic heterocycles. The molecule has 0 atom stereocenters. The van der Waals surface area contributed by atoms with E-state index in [1.165, 1.54) is 16.9 Å². The Bertz CT molecular complexity index is 629. The molecule has 3 rings (SSSR count). The first-order valence-corrected chi connectivity index (χ1v) is 7.99. The first kappa shape index (κ1) is 14.6. The van der Waals surface area contributed by atoms with Crippen LogP contribution in [0.25, 0.3) is 10.2 Å². The Morgan fingerprint density at radius 3 is 2.95 bits per heavy atom. The summed E-state index contributed by atoms with van der Waals surface area (Å²) in [5, 5.41) is 1.11. The number of rotatable bonds is 7. The number of hydrogen-bond donors (Lipinski definition) is 2. The molecule has 0 radical (unpaired) electrons. The molecule has 0 saturated carbocycles. The molecule has 1 aliphatic rings. The van der Waals surface area contributed by atoms with Gasteiger partial charge in [0.2, 0.25) is 0 Å². The van der Waals surface area contributed by atoms with Gasteiger partial charge in [-0.25, -0.2) is 15.8 Å². The van der Waals surface area contributed by atoms with Crippen molar-refractivity contribution in [3.63, 3.8) is 0 Å². The summed E-state index contributed by atoms with van der Waals surface area (Å²) in [4.78, 5) is 11.7. The molecular weight excluding hydrogens is 288 g/mol. The lowest BCUT2D eigenvalue weighted by molar-refractivity contribution is 0.0717. The molecule has 0 bridgehead atoms. The third-order valence-electron chi connectivity index (χ3n) is 3.65. The lowest BCUT2D eigenvalue weighted by Gasteiger charge is -2.07. The van der Waals surface area contributed by atoms with Gasteiger partial charge in [0.15, 0.2) is 5.82 Å². The fraction of sp³-hybridized carbons (Fsp3) is 0.571. The summed E-state index contributed by atoms with van der Waals surface area (Å²) in [5.41, 5.74) is 4.11. The highest BCUT2D eigenvalue weighted by molar-refractivity contribution is 7.19. The van der Waals surface area contributed by atoms with Crippen molar-refractivity contribution >= 4 is 27.4 Å². The number of nitrogens with one attached hydrogen (secondary N) is 1. The van der Waals surface area contributed by atoms with E-state index in [9.17, 15) is 0 Å². The largest absolute Gasteiger partial charge is 0.382 e. The average molecular weight is 308 g/mol. The zero-order chi connectivity index (χ0) is 14.7. The Hall–Kier alpha value is -1.28. The molecule has 0 unspecified atom stereocenters. The second-order valence-corrected chi connectivity index (χ2v) is 6.11. The standard InChI is InChI=1S/C14H20N4O2S/c1-19-7-8-20-6-5-11-16-13(18-15)12-9-3-2-4-10(9)21-14(12)17-11/h2-8,15H2,1H3,(H,16,17,18). The zero-order valence-electron chi connectivity index (χ0n) is 12.1. The normalized spacial score (nSPS) is 13.8. The molecule has 1 aliphatic carbocycles. The summed E-state index contributed by atoms with van der Waals surface area (Å²) >= 11 is 1.77. The van der Waals surface area contributed by atoms with Gasteiger partial charge in [-0.05, 0) is 24.8 Å². The summed E-state index contributed by atoms with van der Waals surface area (Å²) in [6.45, 7) is 1.78. The summed E-state index contributed by atoms with van der Waals surface area (Å²) in [6.07, 6.45) is 4.15. The Kier molecular flexibility index (Phi) is 4.64. The van der Waals surface area contributed by atoms with E-state index in [0.29, 0.717) is 26.2 Å². The van der Waals surface area contributed by atoms with Crippen LogP contribution in [0.2, 0.25) is 0 Å². The average Bonchev–Trinajstić information content (AvgIpc) is 3.06. The number of aromatic nitrogens is 2. The van der Waals surface area contributed by atoms with E-state index in [-0.39, 0.29) is 0 Å². The molecule has 0 saturated heterocycles. The minimum atomic E-state index is 0.587. The fourth-order valence-electron chi connectivity index (χ4n) is 2.66. The molecule has 21 heavy (non-hydrogen) atoms. The lowest BCUT2D eigenvalue weighted by Crippen LogP contribution is -2.12.